The molecule has 2 fully saturated rings. The molecule has 2 saturated carbocycles. The maximum atomic E-state index is 2.62. The third-order valence-electron chi connectivity index (χ3n) is 5.99. The molecule has 0 amide bonds. The van der Waals surface area contributed by atoms with Crippen LogP contribution in [-0.2, 0) is 0 Å². The van der Waals surface area contributed by atoms with E-state index in [4.69, 9.17) is 0 Å². The van der Waals surface area contributed by atoms with Crippen LogP contribution in [0.2, 0.25) is 0 Å². The van der Waals surface area contributed by atoms with Gasteiger partial charge in [-0.15, -0.1) is 0 Å². The predicted octanol–water partition coefficient (Wildman–Crippen LogP) is 5.88. The molecule has 0 N–H and O–H groups in total. The van der Waals surface area contributed by atoms with Crippen molar-refractivity contribution < 1.29 is 0 Å². The van der Waals surface area contributed by atoms with E-state index in [0.717, 1.165) is 12.1 Å². The van der Waals surface area contributed by atoms with Crippen molar-refractivity contribution in [3.8, 4) is 0 Å². The lowest BCUT2D eigenvalue weighted by Crippen LogP contribution is -2.60. The van der Waals surface area contributed by atoms with E-state index in [9.17, 15) is 0 Å². The molecule has 21 heavy (non-hydrogen) atoms. The highest BCUT2D eigenvalue weighted by Crippen LogP contribution is 2.53. The number of hydrogen-bond donors (Lipinski definition) is 0. The Hall–Kier alpha value is -0.470. The van der Waals surface area contributed by atoms with Crippen LogP contribution in [0.25, 0.3) is 0 Å². The highest BCUT2D eigenvalue weighted by atomic mass is 32.2. The van der Waals surface area contributed by atoms with Crippen molar-refractivity contribution in [3.63, 3.8) is 0 Å². The summed E-state index contributed by atoms with van der Waals surface area (Å²) in [4.78, 5) is 1.52. The second kappa shape index (κ2) is 5.96. The maximum Gasteiger partial charge on any atom is 0.209 e. The van der Waals surface area contributed by atoms with Crippen LogP contribution in [-0.4, -0.2) is 12.1 Å². The summed E-state index contributed by atoms with van der Waals surface area (Å²) in [5.74, 6) is 2.62. The molecule has 1 aromatic carbocycles. The minimum Gasteiger partial charge on any atom is -0.268 e. The second-order valence-corrected chi connectivity index (χ2v) is 8.00. The van der Waals surface area contributed by atoms with Gasteiger partial charge in [0.05, 0.1) is 17.0 Å². The van der Waals surface area contributed by atoms with E-state index in [0.29, 0.717) is 0 Å². The molecule has 0 aromatic heterocycles. The first-order valence-electron chi connectivity index (χ1n) is 8.90. The van der Waals surface area contributed by atoms with Gasteiger partial charge in [0.25, 0.3) is 0 Å². The third kappa shape index (κ3) is 2.35. The van der Waals surface area contributed by atoms with Gasteiger partial charge in [-0.25, -0.2) is 0 Å². The molecule has 1 radical (unpaired) electrons. The van der Waals surface area contributed by atoms with Crippen molar-refractivity contribution >= 4 is 17.4 Å². The Labute approximate surface area is 133 Å². The molecular formula is C19H27NS+. The molecule has 0 spiro atoms. The van der Waals surface area contributed by atoms with Crippen LogP contribution in [0.4, 0.5) is 5.69 Å². The van der Waals surface area contributed by atoms with Crippen LogP contribution >= 0.6 is 11.8 Å². The monoisotopic (exact) mass is 301 g/mol. The number of benzene rings is 1. The third-order valence-corrected chi connectivity index (χ3v) is 7.05. The fourth-order valence-electron chi connectivity index (χ4n) is 4.96. The number of fused-ring (bicyclic) bond motifs is 1. The van der Waals surface area contributed by atoms with Gasteiger partial charge in [0.2, 0.25) is 5.88 Å². The molecule has 1 aliphatic heterocycles. The van der Waals surface area contributed by atoms with Gasteiger partial charge in [0, 0.05) is 6.07 Å². The van der Waals surface area contributed by atoms with E-state index in [1.807, 2.05) is 11.8 Å². The minimum atomic E-state index is 0.845. The Morgan fingerprint density at radius 3 is 1.95 bits per heavy atom. The summed E-state index contributed by atoms with van der Waals surface area (Å²) in [6, 6.07) is 10.9. The smallest absolute Gasteiger partial charge is 0.209 e. The van der Waals surface area contributed by atoms with Crippen LogP contribution in [0, 0.1) is 5.88 Å². The van der Waals surface area contributed by atoms with Crippen molar-refractivity contribution in [2.24, 2.45) is 0 Å². The molecule has 113 valence electrons. The zero-order chi connectivity index (χ0) is 14.1. The number of thioether (sulfide) groups is 1. The summed E-state index contributed by atoms with van der Waals surface area (Å²) in [5, 5.41) is 0. The Morgan fingerprint density at radius 2 is 1.33 bits per heavy atom. The van der Waals surface area contributed by atoms with Crippen molar-refractivity contribution in [3.05, 3.63) is 30.1 Å². The molecule has 2 aliphatic carbocycles. The van der Waals surface area contributed by atoms with Crippen molar-refractivity contribution in [2.45, 2.75) is 81.2 Å². The van der Waals surface area contributed by atoms with Gasteiger partial charge in [-0.05, 0) is 69.2 Å². The summed E-state index contributed by atoms with van der Waals surface area (Å²) < 4.78 is 1.22. The van der Waals surface area contributed by atoms with Gasteiger partial charge in [-0.3, -0.25) is 4.48 Å². The van der Waals surface area contributed by atoms with E-state index in [-0.39, 0.29) is 0 Å². The first-order valence-corrected chi connectivity index (χ1v) is 9.78. The fourth-order valence-corrected chi connectivity index (χ4v) is 6.21. The number of hydrogen-bond acceptors (Lipinski definition) is 1. The van der Waals surface area contributed by atoms with Gasteiger partial charge in [0.15, 0.2) is 0 Å². The summed E-state index contributed by atoms with van der Waals surface area (Å²) in [5.41, 5.74) is 1.63. The zero-order valence-electron chi connectivity index (χ0n) is 13.0. The lowest BCUT2D eigenvalue weighted by atomic mass is 9.85. The van der Waals surface area contributed by atoms with Crippen molar-refractivity contribution in [1.82, 2.24) is 4.48 Å². The van der Waals surface area contributed by atoms with Crippen LogP contribution < -0.4 is 4.48 Å². The molecule has 1 nitrogen and oxygen atoms in total. The van der Waals surface area contributed by atoms with Gasteiger partial charge in [-0.1, -0.05) is 25.0 Å². The molecule has 1 aromatic rings. The topological polar surface area (TPSA) is 0 Å². The highest BCUT2D eigenvalue weighted by Gasteiger charge is 2.51. The zero-order valence-corrected chi connectivity index (χ0v) is 13.8. The minimum absolute atomic E-state index is 0.845. The summed E-state index contributed by atoms with van der Waals surface area (Å²) in [6.45, 7) is 0. The molecule has 0 saturated heterocycles. The summed E-state index contributed by atoms with van der Waals surface area (Å²) in [6.07, 6.45) is 14.4. The molecule has 0 atom stereocenters. The molecule has 1 heterocycles. The SMILES string of the molecule is [CH]1Sc2ccccc2[N+]1(C1CCCCC1)C1CCCCC1. The van der Waals surface area contributed by atoms with Crippen molar-refractivity contribution in [2.75, 3.05) is 0 Å². The lowest BCUT2D eigenvalue weighted by molar-refractivity contribution is 0.129. The van der Waals surface area contributed by atoms with E-state index in [1.165, 1.54) is 73.6 Å². The Morgan fingerprint density at radius 1 is 0.762 bits per heavy atom. The van der Waals surface area contributed by atoms with Crippen LogP contribution in [0.1, 0.15) is 64.2 Å². The van der Waals surface area contributed by atoms with Gasteiger partial charge in [-0.2, -0.15) is 0 Å². The van der Waals surface area contributed by atoms with Crippen LogP contribution in [0.5, 0.6) is 0 Å². The van der Waals surface area contributed by atoms with Crippen molar-refractivity contribution in [1.29, 1.82) is 0 Å². The van der Waals surface area contributed by atoms with E-state index >= 15 is 0 Å². The van der Waals surface area contributed by atoms with Crippen LogP contribution in [0.3, 0.4) is 0 Å². The molecular weight excluding hydrogens is 274 g/mol. The molecule has 3 aliphatic rings. The van der Waals surface area contributed by atoms with E-state index in [1.54, 1.807) is 5.69 Å². The summed E-state index contributed by atoms with van der Waals surface area (Å²) >= 11 is 2.01. The van der Waals surface area contributed by atoms with Gasteiger partial charge in [0.1, 0.15) is 5.69 Å². The van der Waals surface area contributed by atoms with Gasteiger partial charge >= 0.3 is 0 Å². The Bertz CT molecular complexity index is 468. The fraction of sp³-hybridized carbons (Fsp3) is 0.632. The number of quaternary nitrogens is 1. The average Bonchev–Trinajstić information content (AvgIpc) is 2.97. The van der Waals surface area contributed by atoms with Crippen LogP contribution in [0.15, 0.2) is 29.2 Å². The quantitative estimate of drug-likeness (QED) is 0.614. The standard InChI is InChI=1S/C19H27NS/c1-3-9-16(10-4-1)20(17-11-5-2-6-12-17)15-21-19-14-8-7-13-18(19)20/h7-8,13-17H,1-6,9-12H2/q+1. The Kier molecular flexibility index (Phi) is 4.02. The molecule has 0 bridgehead atoms. The Balaban J connectivity index is 1.75. The van der Waals surface area contributed by atoms with E-state index in [2.05, 4.69) is 30.1 Å². The second-order valence-electron chi connectivity index (χ2n) is 7.11. The van der Waals surface area contributed by atoms with E-state index < -0.39 is 0 Å². The first-order chi connectivity index (χ1) is 10.4. The summed E-state index contributed by atoms with van der Waals surface area (Å²) in [7, 11) is 0. The number of rotatable bonds is 2. The molecule has 2 heteroatoms. The largest absolute Gasteiger partial charge is 0.268 e. The molecule has 4 rings (SSSR count). The predicted molar refractivity (Wildman–Crippen MR) is 92.1 cm³/mol. The average molecular weight is 301 g/mol. The molecule has 0 unspecified atom stereocenters. The first kappa shape index (κ1) is 14.1. The maximum absolute atomic E-state index is 2.62. The lowest BCUT2D eigenvalue weighted by Gasteiger charge is -2.48. The highest BCUT2D eigenvalue weighted by molar-refractivity contribution is 8.01. The number of para-hydroxylation sites is 1. The number of nitrogens with zero attached hydrogens (tertiary/aromatic N) is 1. The normalized spacial score (nSPS) is 26.7. The van der Waals surface area contributed by atoms with Gasteiger partial charge < -0.3 is 0 Å².